The maximum Gasteiger partial charge on any atom is 0.311 e. The highest BCUT2D eigenvalue weighted by molar-refractivity contribution is 5.83. The molecule has 0 spiro atoms. The predicted molar refractivity (Wildman–Crippen MR) is 193 cm³/mol. The highest BCUT2D eigenvalue weighted by Gasteiger charge is 2.53. The standard InChI is InChI=1S/C37H67NO13.2H2O/c1-14-25-37(10,45)30(41)20(4)27(39)18(2)16-35(8,44)32(51-34-28(40)24(38(11)12)15-19(3)47-34)21(5)29(22(6)33(43)49-25)50-26-17-36(9,46-13)31(42)23(7)48-26;;/h18-26,28-32,34,40-42,44-45H,14-17H2,1-13H3;2*1H2/t18-,19-,20+,21-,22-,23+,24+,25-,26+,28-,29+,30+,31+,32-,34+,35-,36-,37-;;/m1../s1. The van der Waals surface area contributed by atoms with Gasteiger partial charge < -0.3 is 69.8 Å². The first-order valence-corrected chi connectivity index (χ1v) is 18.5. The van der Waals surface area contributed by atoms with Crippen LogP contribution in [0.15, 0.2) is 0 Å². The molecular formula is C37H71NO15. The predicted octanol–water partition coefficient (Wildman–Crippen LogP) is 0.136. The van der Waals surface area contributed by atoms with Gasteiger partial charge in [-0.2, -0.15) is 0 Å². The molecule has 0 bridgehead atoms. The Kier molecular flexibility index (Phi) is 18.0. The summed E-state index contributed by atoms with van der Waals surface area (Å²) in [5, 5.41) is 57.6. The summed E-state index contributed by atoms with van der Waals surface area (Å²) in [6.07, 6.45) is -9.71. The van der Waals surface area contributed by atoms with Crippen LogP contribution in [0.5, 0.6) is 0 Å². The number of hydrogen-bond acceptors (Lipinski definition) is 14. The average Bonchev–Trinajstić information content (AvgIpc) is 3.05. The molecule has 0 aromatic carbocycles. The SMILES string of the molecule is CC[C@H]1OC(=O)[C@H](C)[C@@H](O[C@H]2C[C@@](C)(OC)[C@@H](O)[C@H](C)O2)[C@@H](C)[C@@H](O[C@@H]2O[C@H](C)C[C@H](N(C)C)[C@H]2O)[C@](C)(O)C[C@@H](C)C(=O)[C@H](C)[C@H](O)[C@]1(C)O.O.O. The third-order valence-corrected chi connectivity index (χ3v) is 11.8. The summed E-state index contributed by atoms with van der Waals surface area (Å²) in [5.41, 5.74) is -4.84. The molecule has 314 valence electrons. The van der Waals surface area contributed by atoms with E-state index in [9.17, 15) is 35.1 Å². The van der Waals surface area contributed by atoms with Gasteiger partial charge in [-0.3, -0.25) is 9.59 Å². The maximum absolute atomic E-state index is 14.1. The van der Waals surface area contributed by atoms with Gasteiger partial charge >= 0.3 is 5.97 Å². The van der Waals surface area contributed by atoms with Crippen LogP contribution in [0.2, 0.25) is 0 Å². The first-order chi connectivity index (χ1) is 23.4. The van der Waals surface area contributed by atoms with Gasteiger partial charge in [-0.15, -0.1) is 0 Å². The van der Waals surface area contributed by atoms with Crippen LogP contribution < -0.4 is 0 Å². The molecule has 9 N–H and O–H groups in total. The lowest BCUT2D eigenvalue weighted by atomic mass is 9.74. The summed E-state index contributed by atoms with van der Waals surface area (Å²) in [4.78, 5) is 29.8. The van der Waals surface area contributed by atoms with Crippen LogP contribution in [0.1, 0.15) is 94.9 Å². The minimum atomic E-state index is -1.99. The van der Waals surface area contributed by atoms with E-state index in [2.05, 4.69) is 0 Å². The van der Waals surface area contributed by atoms with E-state index in [-0.39, 0.29) is 42.4 Å². The molecular weight excluding hydrogens is 698 g/mol. The van der Waals surface area contributed by atoms with Gasteiger partial charge in [-0.25, -0.2) is 0 Å². The van der Waals surface area contributed by atoms with Gasteiger partial charge in [0.05, 0.1) is 47.6 Å². The molecule has 3 saturated heterocycles. The number of likely N-dealkylation sites (N-methyl/N-ethyl adjacent to an activating group) is 1. The zero-order valence-corrected chi connectivity index (χ0v) is 33.9. The Morgan fingerprint density at radius 1 is 0.868 bits per heavy atom. The van der Waals surface area contributed by atoms with Crippen LogP contribution in [-0.2, 0) is 38.0 Å². The number of carbonyl (C=O) groups excluding carboxylic acids is 2. The number of esters is 1. The van der Waals surface area contributed by atoms with Crippen molar-refractivity contribution in [1.29, 1.82) is 0 Å². The van der Waals surface area contributed by atoms with Crippen molar-refractivity contribution in [2.24, 2.45) is 23.7 Å². The lowest BCUT2D eigenvalue weighted by molar-refractivity contribution is -0.318. The van der Waals surface area contributed by atoms with Gasteiger partial charge in [0.1, 0.15) is 29.7 Å². The van der Waals surface area contributed by atoms with E-state index in [0.717, 1.165) is 0 Å². The Hall–Kier alpha value is -1.38. The highest BCUT2D eigenvalue weighted by Crippen LogP contribution is 2.40. The maximum atomic E-state index is 14.1. The highest BCUT2D eigenvalue weighted by atomic mass is 16.7. The fourth-order valence-corrected chi connectivity index (χ4v) is 8.41. The molecule has 3 aliphatic rings. The molecule has 0 aliphatic carbocycles. The Bertz CT molecular complexity index is 1170. The van der Waals surface area contributed by atoms with Crippen molar-refractivity contribution in [3.63, 3.8) is 0 Å². The van der Waals surface area contributed by atoms with Gasteiger partial charge in [0.2, 0.25) is 0 Å². The molecule has 53 heavy (non-hydrogen) atoms. The fraction of sp³-hybridized carbons (Fsp3) is 0.946. The van der Waals surface area contributed by atoms with Crippen molar-refractivity contribution in [3.05, 3.63) is 0 Å². The largest absolute Gasteiger partial charge is 0.459 e. The van der Waals surface area contributed by atoms with Gasteiger partial charge in [0.15, 0.2) is 12.6 Å². The van der Waals surface area contributed by atoms with Gasteiger partial charge in [0.25, 0.3) is 0 Å². The van der Waals surface area contributed by atoms with Crippen LogP contribution in [0.3, 0.4) is 0 Å². The average molecular weight is 770 g/mol. The number of cyclic esters (lactones) is 1. The third kappa shape index (κ3) is 10.7. The van der Waals surface area contributed by atoms with Crippen LogP contribution in [0, 0.1) is 23.7 Å². The molecule has 0 amide bonds. The summed E-state index contributed by atoms with van der Waals surface area (Å²) in [6, 6.07) is -0.324. The number of hydrogen-bond donors (Lipinski definition) is 5. The number of carbonyl (C=O) groups is 2. The zero-order chi connectivity index (χ0) is 39.0. The molecule has 3 aliphatic heterocycles. The van der Waals surface area contributed by atoms with Crippen molar-refractivity contribution in [2.75, 3.05) is 21.2 Å². The summed E-state index contributed by atoms with van der Waals surface area (Å²) < 4.78 is 37.1. The molecule has 18 atom stereocenters. The van der Waals surface area contributed by atoms with Crippen LogP contribution in [0.25, 0.3) is 0 Å². The van der Waals surface area contributed by atoms with Crippen LogP contribution in [0.4, 0.5) is 0 Å². The summed E-state index contributed by atoms with van der Waals surface area (Å²) in [7, 11) is 5.18. The van der Waals surface area contributed by atoms with Crippen molar-refractivity contribution < 1.29 is 74.5 Å². The van der Waals surface area contributed by atoms with E-state index < -0.39 is 108 Å². The monoisotopic (exact) mass is 769 g/mol. The van der Waals surface area contributed by atoms with Gasteiger partial charge in [-0.05, 0) is 74.9 Å². The number of rotatable bonds is 7. The molecule has 0 radical (unpaired) electrons. The first kappa shape index (κ1) is 49.6. The first-order valence-electron chi connectivity index (χ1n) is 18.5. The summed E-state index contributed by atoms with van der Waals surface area (Å²) >= 11 is 0. The topological polar surface area (TPSA) is 257 Å². The minimum Gasteiger partial charge on any atom is -0.459 e. The molecule has 0 aromatic heterocycles. The quantitative estimate of drug-likeness (QED) is 0.216. The summed E-state index contributed by atoms with van der Waals surface area (Å²) in [6.45, 7) is 16.3. The molecule has 0 saturated carbocycles. The van der Waals surface area contributed by atoms with Crippen LogP contribution in [-0.4, -0.2) is 159 Å². The van der Waals surface area contributed by atoms with Gasteiger partial charge in [0, 0.05) is 37.3 Å². The smallest absolute Gasteiger partial charge is 0.311 e. The molecule has 16 nitrogen and oxygen atoms in total. The van der Waals surface area contributed by atoms with E-state index in [1.165, 1.54) is 27.9 Å². The van der Waals surface area contributed by atoms with E-state index in [1.807, 2.05) is 25.9 Å². The molecule has 3 heterocycles. The van der Waals surface area contributed by atoms with E-state index in [0.29, 0.717) is 6.42 Å². The Morgan fingerprint density at radius 2 is 1.45 bits per heavy atom. The molecule has 3 fully saturated rings. The number of nitrogens with zero attached hydrogens (tertiary/aromatic N) is 1. The van der Waals surface area contributed by atoms with E-state index in [4.69, 9.17) is 28.4 Å². The lowest BCUT2D eigenvalue weighted by Crippen LogP contribution is -2.61. The number of methoxy groups -OCH3 is 1. The second-order valence-corrected chi connectivity index (χ2v) is 16.5. The summed E-state index contributed by atoms with van der Waals surface area (Å²) in [5.74, 6) is -4.98. The Morgan fingerprint density at radius 3 is 1.98 bits per heavy atom. The molecule has 0 unspecified atom stereocenters. The number of ketones is 1. The fourth-order valence-electron chi connectivity index (χ4n) is 8.41. The van der Waals surface area contributed by atoms with Crippen molar-refractivity contribution in [1.82, 2.24) is 4.90 Å². The Labute approximate surface area is 315 Å². The van der Waals surface area contributed by atoms with Crippen LogP contribution >= 0.6 is 0 Å². The zero-order valence-electron chi connectivity index (χ0n) is 33.9. The lowest BCUT2D eigenvalue weighted by Gasteiger charge is -2.49. The minimum absolute atomic E-state index is 0. The third-order valence-electron chi connectivity index (χ3n) is 11.8. The number of aliphatic hydroxyl groups is 5. The van der Waals surface area contributed by atoms with Crippen molar-refractivity contribution >= 4 is 11.8 Å². The van der Waals surface area contributed by atoms with E-state index in [1.54, 1.807) is 41.5 Å². The number of ether oxygens (including phenoxy) is 6. The van der Waals surface area contributed by atoms with Gasteiger partial charge in [-0.1, -0.05) is 27.7 Å². The Balaban J connectivity index is 0.00000702. The molecule has 3 rings (SSSR count). The van der Waals surface area contributed by atoms with E-state index >= 15 is 0 Å². The second-order valence-electron chi connectivity index (χ2n) is 16.5. The number of aliphatic hydroxyl groups excluding tert-OH is 3. The normalized spacial score (nSPS) is 47.9. The molecule has 0 aromatic rings. The van der Waals surface area contributed by atoms with Crippen molar-refractivity contribution in [3.8, 4) is 0 Å². The van der Waals surface area contributed by atoms with Crippen molar-refractivity contribution in [2.45, 2.75) is 179 Å². The molecule has 16 heteroatoms. The number of Topliss-reactive ketones (excluding diaryl/α,β-unsaturated/α-hetero) is 1. The second kappa shape index (κ2) is 19.2.